The highest BCUT2D eigenvalue weighted by molar-refractivity contribution is 7.90. The Bertz CT molecular complexity index is 598. The maximum absolute atomic E-state index is 11.1. The highest BCUT2D eigenvalue weighted by atomic mass is 32.2. The summed E-state index contributed by atoms with van der Waals surface area (Å²) in [7, 11) is -2.97. The van der Waals surface area contributed by atoms with Crippen molar-refractivity contribution in [1.29, 1.82) is 0 Å². The Labute approximate surface area is 112 Å². The molecule has 0 saturated carbocycles. The molecule has 19 heavy (non-hydrogen) atoms. The summed E-state index contributed by atoms with van der Waals surface area (Å²) in [5.74, 6) is 0.122. The molecule has 104 valence electrons. The maximum atomic E-state index is 11.1. The van der Waals surface area contributed by atoms with E-state index in [0.717, 1.165) is 24.1 Å². The van der Waals surface area contributed by atoms with Crippen LogP contribution in [-0.4, -0.2) is 43.3 Å². The smallest absolute Gasteiger partial charge is 0.269 e. The van der Waals surface area contributed by atoms with Crippen molar-refractivity contribution in [3.63, 3.8) is 0 Å². The van der Waals surface area contributed by atoms with Crippen LogP contribution in [0.3, 0.4) is 0 Å². The van der Waals surface area contributed by atoms with Gasteiger partial charge >= 0.3 is 0 Å². The molecular formula is C12H16N2O4S. The third kappa shape index (κ3) is 3.74. The Morgan fingerprint density at radius 3 is 2.74 bits per heavy atom. The predicted octanol–water partition coefficient (Wildman–Crippen LogP) is 0.997. The van der Waals surface area contributed by atoms with Gasteiger partial charge in [0, 0.05) is 38.0 Å². The summed E-state index contributed by atoms with van der Waals surface area (Å²) in [5.41, 5.74) is 2.12. The molecule has 0 aromatic heterocycles. The first-order chi connectivity index (χ1) is 8.85. The van der Waals surface area contributed by atoms with E-state index in [1.165, 1.54) is 12.3 Å². The number of fused-ring (bicyclic) bond motifs is 1. The monoisotopic (exact) mass is 284 g/mol. The molecule has 0 atom stereocenters. The lowest BCUT2D eigenvalue weighted by molar-refractivity contribution is -0.385. The summed E-state index contributed by atoms with van der Waals surface area (Å²) in [6.45, 7) is 1.84. The average Bonchev–Trinajstić information content (AvgIpc) is 2.34. The third-order valence-electron chi connectivity index (χ3n) is 3.27. The molecule has 6 nitrogen and oxygen atoms in total. The van der Waals surface area contributed by atoms with Gasteiger partial charge in [0.05, 0.1) is 10.7 Å². The Hall–Kier alpha value is -1.47. The van der Waals surface area contributed by atoms with Crippen LogP contribution in [0.25, 0.3) is 0 Å². The van der Waals surface area contributed by atoms with Crippen molar-refractivity contribution < 1.29 is 13.3 Å². The largest absolute Gasteiger partial charge is 0.298 e. The highest BCUT2D eigenvalue weighted by Crippen LogP contribution is 2.23. The molecule has 0 aliphatic carbocycles. The lowest BCUT2D eigenvalue weighted by Gasteiger charge is -2.28. The molecule has 0 bridgehead atoms. The Morgan fingerprint density at radius 2 is 2.11 bits per heavy atom. The minimum absolute atomic E-state index is 0.0868. The first kappa shape index (κ1) is 14.0. The molecular weight excluding hydrogens is 268 g/mol. The van der Waals surface area contributed by atoms with Gasteiger partial charge in [-0.25, -0.2) is 8.42 Å². The standard InChI is InChI=1S/C12H16N2O4S/c1-19(17,18)7-6-13-5-4-10-2-3-12(14(15)16)8-11(10)9-13/h2-3,8H,4-7,9H2,1H3. The number of hydrogen-bond donors (Lipinski definition) is 0. The number of hydrogen-bond acceptors (Lipinski definition) is 5. The fourth-order valence-electron chi connectivity index (χ4n) is 2.20. The lowest BCUT2D eigenvalue weighted by Crippen LogP contribution is -2.34. The second-order valence-corrected chi connectivity index (χ2v) is 7.13. The molecule has 1 heterocycles. The van der Waals surface area contributed by atoms with Crippen LogP contribution in [0.1, 0.15) is 11.1 Å². The molecule has 0 amide bonds. The van der Waals surface area contributed by atoms with Gasteiger partial charge in [-0.1, -0.05) is 6.07 Å². The van der Waals surface area contributed by atoms with E-state index in [2.05, 4.69) is 0 Å². The van der Waals surface area contributed by atoms with Crippen molar-refractivity contribution in [2.24, 2.45) is 0 Å². The molecule has 0 radical (unpaired) electrons. The van der Waals surface area contributed by atoms with E-state index in [0.29, 0.717) is 13.1 Å². The second kappa shape index (κ2) is 5.26. The van der Waals surface area contributed by atoms with Crippen molar-refractivity contribution >= 4 is 15.5 Å². The van der Waals surface area contributed by atoms with Crippen molar-refractivity contribution in [2.45, 2.75) is 13.0 Å². The third-order valence-corrected chi connectivity index (χ3v) is 4.19. The molecule has 1 aliphatic heterocycles. The van der Waals surface area contributed by atoms with Gasteiger partial charge in [0.2, 0.25) is 0 Å². The molecule has 0 fully saturated rings. The molecule has 1 aliphatic rings. The number of benzene rings is 1. The van der Waals surface area contributed by atoms with Gasteiger partial charge in [0.25, 0.3) is 5.69 Å². The summed E-state index contributed by atoms with van der Waals surface area (Å²) < 4.78 is 22.3. The van der Waals surface area contributed by atoms with E-state index >= 15 is 0 Å². The van der Waals surface area contributed by atoms with E-state index in [4.69, 9.17) is 0 Å². The minimum Gasteiger partial charge on any atom is -0.298 e. The SMILES string of the molecule is CS(=O)(=O)CCN1CCc2ccc([N+](=O)[O-])cc2C1. The Kier molecular flexibility index (Phi) is 3.86. The molecule has 1 aromatic rings. The summed E-state index contributed by atoms with van der Waals surface area (Å²) >= 11 is 0. The van der Waals surface area contributed by atoms with E-state index in [-0.39, 0.29) is 11.4 Å². The molecule has 0 unspecified atom stereocenters. The fraction of sp³-hybridized carbons (Fsp3) is 0.500. The van der Waals surface area contributed by atoms with Crippen molar-refractivity contribution in [3.05, 3.63) is 39.4 Å². The minimum atomic E-state index is -2.97. The van der Waals surface area contributed by atoms with Crippen LogP contribution in [0.2, 0.25) is 0 Å². The second-order valence-electron chi connectivity index (χ2n) is 4.87. The number of nitro groups is 1. The van der Waals surface area contributed by atoms with E-state index in [9.17, 15) is 18.5 Å². The topological polar surface area (TPSA) is 80.5 Å². The summed E-state index contributed by atoms with van der Waals surface area (Å²) in [6, 6.07) is 4.90. The number of sulfone groups is 1. The van der Waals surface area contributed by atoms with Gasteiger partial charge in [-0.15, -0.1) is 0 Å². The fourth-order valence-corrected chi connectivity index (χ4v) is 2.79. The number of rotatable bonds is 4. The molecule has 0 N–H and O–H groups in total. The zero-order chi connectivity index (χ0) is 14.0. The van der Waals surface area contributed by atoms with Crippen LogP contribution >= 0.6 is 0 Å². The van der Waals surface area contributed by atoms with Crippen molar-refractivity contribution in [2.75, 3.05) is 25.1 Å². The number of nitro benzene ring substituents is 1. The first-order valence-electron chi connectivity index (χ1n) is 6.01. The zero-order valence-electron chi connectivity index (χ0n) is 10.7. The van der Waals surface area contributed by atoms with Crippen molar-refractivity contribution in [3.8, 4) is 0 Å². The zero-order valence-corrected chi connectivity index (χ0v) is 11.5. The van der Waals surface area contributed by atoms with Gasteiger partial charge < -0.3 is 0 Å². The van der Waals surface area contributed by atoms with Gasteiger partial charge in [-0.05, 0) is 17.5 Å². The van der Waals surface area contributed by atoms with Crippen LogP contribution in [0.5, 0.6) is 0 Å². The van der Waals surface area contributed by atoms with Crippen molar-refractivity contribution in [1.82, 2.24) is 4.90 Å². The van der Waals surface area contributed by atoms with Crippen LogP contribution in [-0.2, 0) is 22.8 Å². The Balaban J connectivity index is 2.09. The first-order valence-corrected chi connectivity index (χ1v) is 8.07. The van der Waals surface area contributed by atoms with Gasteiger partial charge in [0.15, 0.2) is 0 Å². The molecule has 7 heteroatoms. The predicted molar refractivity (Wildman–Crippen MR) is 71.8 cm³/mol. The van der Waals surface area contributed by atoms with Crippen LogP contribution in [0.4, 0.5) is 5.69 Å². The van der Waals surface area contributed by atoms with E-state index < -0.39 is 14.8 Å². The normalized spacial score (nSPS) is 16.1. The molecule has 0 saturated heterocycles. The lowest BCUT2D eigenvalue weighted by atomic mass is 9.99. The number of non-ortho nitro benzene ring substituents is 1. The van der Waals surface area contributed by atoms with Gasteiger partial charge in [0.1, 0.15) is 9.84 Å². The quantitative estimate of drug-likeness (QED) is 0.608. The van der Waals surface area contributed by atoms with E-state index in [1.54, 1.807) is 12.1 Å². The Morgan fingerprint density at radius 1 is 1.37 bits per heavy atom. The van der Waals surface area contributed by atoms with Gasteiger partial charge in [-0.2, -0.15) is 0 Å². The molecule has 0 spiro atoms. The number of nitrogens with zero attached hydrogens (tertiary/aromatic N) is 2. The van der Waals surface area contributed by atoms with Gasteiger partial charge in [-0.3, -0.25) is 15.0 Å². The summed E-state index contributed by atoms with van der Waals surface area (Å²) in [5, 5.41) is 10.7. The average molecular weight is 284 g/mol. The van der Waals surface area contributed by atoms with Crippen LogP contribution < -0.4 is 0 Å². The molecule has 1 aromatic carbocycles. The van der Waals surface area contributed by atoms with Crippen LogP contribution in [0, 0.1) is 10.1 Å². The summed E-state index contributed by atoms with van der Waals surface area (Å²) in [6.07, 6.45) is 2.02. The van der Waals surface area contributed by atoms with Crippen LogP contribution in [0.15, 0.2) is 18.2 Å². The van der Waals surface area contributed by atoms with E-state index in [1.807, 2.05) is 4.90 Å². The maximum Gasteiger partial charge on any atom is 0.269 e. The molecule has 2 rings (SSSR count). The highest BCUT2D eigenvalue weighted by Gasteiger charge is 2.19. The summed E-state index contributed by atoms with van der Waals surface area (Å²) in [4.78, 5) is 12.4.